The molecule has 0 fully saturated rings. The van der Waals surface area contributed by atoms with Crippen molar-refractivity contribution in [1.29, 1.82) is 0 Å². The minimum Gasteiger partial charge on any atom is -0.497 e. The van der Waals surface area contributed by atoms with Crippen LogP contribution in [0.1, 0.15) is 5.56 Å². The fourth-order valence-corrected chi connectivity index (χ4v) is 1.29. The topological polar surface area (TPSA) is 64.4 Å². The average Bonchev–Trinajstić information content (AvgIpc) is 2.29. The van der Waals surface area contributed by atoms with E-state index >= 15 is 0 Å². The molecule has 4 nitrogen and oxygen atoms in total. The van der Waals surface area contributed by atoms with Crippen molar-refractivity contribution in [2.75, 3.05) is 14.2 Å². The summed E-state index contributed by atoms with van der Waals surface area (Å²) in [5, 5.41) is 2.52. The third kappa shape index (κ3) is 3.25. The molecule has 1 aromatic carbocycles. The normalized spacial score (nSPS) is 11.9. The molecule has 0 aliphatic carbocycles. The number of methoxy groups -OCH3 is 1. The molecule has 0 aliphatic rings. The lowest BCUT2D eigenvalue weighted by atomic mass is 10.1. The summed E-state index contributed by atoms with van der Waals surface area (Å²) < 4.78 is 5.03. The van der Waals surface area contributed by atoms with Gasteiger partial charge < -0.3 is 15.8 Å². The van der Waals surface area contributed by atoms with Gasteiger partial charge in [-0.3, -0.25) is 4.79 Å². The molecule has 1 amide bonds. The fraction of sp³-hybridized carbons (Fsp3) is 0.364. The summed E-state index contributed by atoms with van der Waals surface area (Å²) in [6.45, 7) is 0. The predicted molar refractivity (Wildman–Crippen MR) is 58.7 cm³/mol. The molecule has 15 heavy (non-hydrogen) atoms. The Hall–Kier alpha value is -1.55. The Bertz CT molecular complexity index is 322. The number of carbonyl (C=O) groups is 1. The lowest BCUT2D eigenvalue weighted by Crippen LogP contribution is -2.40. The first-order valence-electron chi connectivity index (χ1n) is 4.77. The zero-order valence-corrected chi connectivity index (χ0v) is 8.99. The van der Waals surface area contributed by atoms with Crippen LogP contribution in [0.3, 0.4) is 0 Å². The Morgan fingerprint density at radius 3 is 2.53 bits per heavy atom. The van der Waals surface area contributed by atoms with Crippen molar-refractivity contribution in [2.45, 2.75) is 12.5 Å². The summed E-state index contributed by atoms with van der Waals surface area (Å²) in [5.74, 6) is 0.651. The molecule has 0 radical (unpaired) electrons. The van der Waals surface area contributed by atoms with Crippen molar-refractivity contribution in [3.05, 3.63) is 29.8 Å². The van der Waals surface area contributed by atoms with Crippen LogP contribution in [-0.4, -0.2) is 26.1 Å². The summed E-state index contributed by atoms with van der Waals surface area (Å²) in [5.41, 5.74) is 6.71. The second-order valence-corrected chi connectivity index (χ2v) is 3.27. The van der Waals surface area contributed by atoms with E-state index in [0.717, 1.165) is 11.3 Å². The van der Waals surface area contributed by atoms with E-state index in [1.54, 1.807) is 14.2 Å². The molecule has 1 atom stereocenters. The van der Waals surface area contributed by atoms with Crippen LogP contribution in [0.4, 0.5) is 0 Å². The summed E-state index contributed by atoms with van der Waals surface area (Å²) in [6, 6.07) is 7.02. The standard InChI is InChI=1S/C11H16N2O2/c1-13-11(14)10(12)7-8-3-5-9(15-2)6-4-8/h3-6,10H,7,12H2,1-2H3,(H,13,14)/t10-/m1/s1. The molecule has 1 rings (SSSR count). The largest absolute Gasteiger partial charge is 0.497 e. The maximum atomic E-state index is 11.2. The molecule has 4 heteroatoms. The summed E-state index contributed by atoms with van der Waals surface area (Å²) in [7, 11) is 3.20. The predicted octanol–water partition coefficient (Wildman–Crippen LogP) is 0.311. The number of hydrogen-bond donors (Lipinski definition) is 2. The molecule has 1 aromatic rings. The number of carbonyl (C=O) groups excluding carboxylic acids is 1. The van der Waals surface area contributed by atoms with Gasteiger partial charge in [-0.25, -0.2) is 0 Å². The second kappa shape index (κ2) is 5.36. The van der Waals surface area contributed by atoms with E-state index in [-0.39, 0.29) is 5.91 Å². The maximum absolute atomic E-state index is 11.2. The van der Waals surface area contributed by atoms with Gasteiger partial charge in [-0.2, -0.15) is 0 Å². The first-order chi connectivity index (χ1) is 7.17. The van der Waals surface area contributed by atoms with Crippen molar-refractivity contribution in [1.82, 2.24) is 5.32 Å². The van der Waals surface area contributed by atoms with Crippen molar-refractivity contribution in [3.8, 4) is 5.75 Å². The number of amides is 1. The number of nitrogens with two attached hydrogens (primary N) is 1. The van der Waals surface area contributed by atoms with Crippen molar-refractivity contribution < 1.29 is 9.53 Å². The summed E-state index contributed by atoms with van der Waals surface area (Å²) >= 11 is 0. The van der Waals surface area contributed by atoms with E-state index in [2.05, 4.69) is 5.32 Å². The molecule has 3 N–H and O–H groups in total. The third-order valence-electron chi connectivity index (χ3n) is 2.20. The zero-order chi connectivity index (χ0) is 11.3. The number of rotatable bonds is 4. The fourth-order valence-electron chi connectivity index (χ4n) is 1.29. The van der Waals surface area contributed by atoms with Crippen LogP contribution in [0, 0.1) is 0 Å². The van der Waals surface area contributed by atoms with E-state index in [1.807, 2.05) is 24.3 Å². The Labute approximate surface area is 89.4 Å². The van der Waals surface area contributed by atoms with Crippen LogP contribution in [-0.2, 0) is 11.2 Å². The second-order valence-electron chi connectivity index (χ2n) is 3.27. The van der Waals surface area contributed by atoms with E-state index in [4.69, 9.17) is 10.5 Å². The lowest BCUT2D eigenvalue weighted by Gasteiger charge is -2.10. The first-order valence-corrected chi connectivity index (χ1v) is 4.77. The van der Waals surface area contributed by atoms with Gasteiger partial charge in [-0.05, 0) is 24.1 Å². The quantitative estimate of drug-likeness (QED) is 0.748. The Morgan fingerprint density at radius 1 is 1.47 bits per heavy atom. The molecule has 0 saturated carbocycles. The highest BCUT2D eigenvalue weighted by atomic mass is 16.5. The Kier molecular flexibility index (Phi) is 4.12. The summed E-state index contributed by atoms with van der Waals surface area (Å²) in [6.07, 6.45) is 0.531. The van der Waals surface area contributed by atoms with E-state index in [0.29, 0.717) is 6.42 Å². The van der Waals surface area contributed by atoms with E-state index < -0.39 is 6.04 Å². The smallest absolute Gasteiger partial charge is 0.237 e. The van der Waals surface area contributed by atoms with Crippen LogP contribution in [0.15, 0.2) is 24.3 Å². The van der Waals surface area contributed by atoms with Gasteiger partial charge in [0.1, 0.15) is 5.75 Å². The molecule has 0 aliphatic heterocycles. The molecule has 0 unspecified atom stereocenters. The van der Waals surface area contributed by atoms with Crippen molar-refractivity contribution in [2.24, 2.45) is 5.73 Å². The minimum absolute atomic E-state index is 0.147. The third-order valence-corrected chi connectivity index (χ3v) is 2.20. The monoisotopic (exact) mass is 208 g/mol. The maximum Gasteiger partial charge on any atom is 0.237 e. The Morgan fingerprint density at radius 2 is 2.07 bits per heavy atom. The number of nitrogens with one attached hydrogen (secondary N) is 1. The zero-order valence-electron chi connectivity index (χ0n) is 8.99. The molecule has 0 saturated heterocycles. The minimum atomic E-state index is -0.497. The summed E-state index contributed by atoms with van der Waals surface area (Å²) in [4.78, 5) is 11.2. The van der Waals surface area contributed by atoms with Crippen LogP contribution < -0.4 is 15.8 Å². The highest BCUT2D eigenvalue weighted by Gasteiger charge is 2.11. The van der Waals surface area contributed by atoms with Crippen LogP contribution in [0.25, 0.3) is 0 Å². The number of benzene rings is 1. The van der Waals surface area contributed by atoms with Crippen molar-refractivity contribution >= 4 is 5.91 Å². The van der Waals surface area contributed by atoms with Gasteiger partial charge in [0.25, 0.3) is 0 Å². The van der Waals surface area contributed by atoms with Crippen LogP contribution in [0.5, 0.6) is 5.75 Å². The van der Waals surface area contributed by atoms with Gasteiger partial charge in [0, 0.05) is 7.05 Å². The molecular formula is C11H16N2O2. The van der Waals surface area contributed by atoms with Gasteiger partial charge in [0.15, 0.2) is 0 Å². The van der Waals surface area contributed by atoms with E-state index in [9.17, 15) is 4.79 Å². The molecule has 0 spiro atoms. The first kappa shape index (κ1) is 11.5. The van der Waals surface area contributed by atoms with Gasteiger partial charge in [-0.15, -0.1) is 0 Å². The van der Waals surface area contributed by atoms with Gasteiger partial charge in [0.05, 0.1) is 13.2 Å². The van der Waals surface area contributed by atoms with Gasteiger partial charge in [0.2, 0.25) is 5.91 Å². The van der Waals surface area contributed by atoms with Crippen LogP contribution in [0.2, 0.25) is 0 Å². The number of hydrogen-bond acceptors (Lipinski definition) is 3. The molecule has 0 heterocycles. The Balaban J connectivity index is 2.60. The average molecular weight is 208 g/mol. The van der Waals surface area contributed by atoms with Crippen molar-refractivity contribution in [3.63, 3.8) is 0 Å². The molecule has 0 aromatic heterocycles. The van der Waals surface area contributed by atoms with E-state index in [1.165, 1.54) is 0 Å². The van der Waals surface area contributed by atoms with Gasteiger partial charge in [-0.1, -0.05) is 12.1 Å². The molecular weight excluding hydrogens is 192 g/mol. The highest BCUT2D eigenvalue weighted by molar-refractivity contribution is 5.81. The highest BCUT2D eigenvalue weighted by Crippen LogP contribution is 2.12. The molecule has 0 bridgehead atoms. The SMILES string of the molecule is CNC(=O)[C@H](N)Cc1ccc(OC)cc1. The van der Waals surface area contributed by atoms with Crippen LogP contribution >= 0.6 is 0 Å². The number of likely N-dealkylation sites (N-methyl/N-ethyl adjacent to an activating group) is 1. The molecule has 82 valence electrons. The lowest BCUT2D eigenvalue weighted by molar-refractivity contribution is -0.121. The van der Waals surface area contributed by atoms with Gasteiger partial charge >= 0.3 is 0 Å². The number of ether oxygens (including phenoxy) is 1.